The van der Waals surface area contributed by atoms with E-state index in [9.17, 15) is 9.59 Å². The number of benzene rings is 1. The summed E-state index contributed by atoms with van der Waals surface area (Å²) < 4.78 is 0. The molecule has 2 heterocycles. The molecule has 0 bridgehead atoms. The number of nitrogens with one attached hydrogen (secondary N) is 1. The number of carbonyl (C=O) groups is 2. The van der Waals surface area contributed by atoms with Gasteiger partial charge >= 0.3 is 0 Å². The molecule has 2 aromatic rings. The van der Waals surface area contributed by atoms with Gasteiger partial charge in [-0.25, -0.2) is 0 Å². The summed E-state index contributed by atoms with van der Waals surface area (Å²) in [4.78, 5) is 34.7. The Morgan fingerprint density at radius 2 is 1.59 bits per heavy atom. The molecule has 1 aromatic carbocycles. The van der Waals surface area contributed by atoms with E-state index in [1.54, 1.807) is 12.4 Å². The summed E-state index contributed by atoms with van der Waals surface area (Å²) in [7, 11) is 0. The molecule has 182 valence electrons. The second kappa shape index (κ2) is 10.7. The first-order valence-corrected chi connectivity index (χ1v) is 12.6. The Kier molecular flexibility index (Phi) is 7.67. The highest BCUT2D eigenvalue weighted by Gasteiger charge is 2.37. The largest absolute Gasteiger partial charge is 0.351 e. The van der Waals surface area contributed by atoms with E-state index >= 15 is 0 Å². The molecule has 1 N–H and O–H groups in total. The molecule has 34 heavy (non-hydrogen) atoms. The lowest BCUT2D eigenvalue weighted by molar-refractivity contribution is -0.129. The highest BCUT2D eigenvalue weighted by atomic mass is 16.2. The fraction of sp³-hybridized carbons (Fsp3) is 0.536. The molecule has 1 saturated heterocycles. The Balaban J connectivity index is 1.37. The zero-order valence-electron chi connectivity index (χ0n) is 20.8. The number of hydrogen-bond donors (Lipinski definition) is 1. The topological polar surface area (TPSA) is 65.5 Å². The van der Waals surface area contributed by atoms with Gasteiger partial charge in [0.25, 0.3) is 5.91 Å². The van der Waals surface area contributed by atoms with Crippen molar-refractivity contribution < 1.29 is 9.59 Å². The zero-order valence-corrected chi connectivity index (χ0v) is 20.8. The van der Waals surface area contributed by atoms with E-state index in [0.717, 1.165) is 37.1 Å². The number of hydrogen-bond acceptors (Lipinski definition) is 4. The van der Waals surface area contributed by atoms with E-state index in [1.807, 2.05) is 29.2 Å². The highest BCUT2D eigenvalue weighted by Crippen LogP contribution is 2.31. The van der Waals surface area contributed by atoms with Gasteiger partial charge in [-0.15, -0.1) is 0 Å². The maximum absolute atomic E-state index is 13.3. The van der Waals surface area contributed by atoms with Crippen molar-refractivity contribution in [1.29, 1.82) is 0 Å². The van der Waals surface area contributed by atoms with Crippen LogP contribution in [0.25, 0.3) is 0 Å². The predicted molar refractivity (Wildman–Crippen MR) is 134 cm³/mol. The number of piperazine rings is 1. The summed E-state index contributed by atoms with van der Waals surface area (Å²) in [6, 6.07) is 11.8. The van der Waals surface area contributed by atoms with Crippen molar-refractivity contribution in [3.8, 4) is 0 Å². The Hall–Kier alpha value is -2.73. The minimum absolute atomic E-state index is 0.0699. The molecule has 2 aliphatic rings. The maximum Gasteiger partial charge on any atom is 0.253 e. The summed E-state index contributed by atoms with van der Waals surface area (Å²) in [5.41, 5.74) is 3.09. The molecular weight excluding hydrogens is 424 g/mol. The van der Waals surface area contributed by atoms with E-state index in [4.69, 9.17) is 0 Å². The average molecular weight is 463 g/mol. The summed E-state index contributed by atoms with van der Waals surface area (Å²) in [5, 5.41) is 3.16. The SMILES string of the molecule is CC(C)(C)c1ccc(C(=O)N2CCN([C@H](C(=O)NCc3ccncc3)C3CCCC3)CC2)cc1. The first-order valence-electron chi connectivity index (χ1n) is 12.6. The molecule has 1 atom stereocenters. The van der Waals surface area contributed by atoms with Gasteiger partial charge in [0, 0.05) is 50.7 Å². The summed E-state index contributed by atoms with van der Waals surface area (Å²) in [6.07, 6.45) is 8.11. The Labute approximate surface area is 203 Å². The molecule has 2 amide bonds. The number of nitrogens with zero attached hydrogens (tertiary/aromatic N) is 3. The van der Waals surface area contributed by atoms with Gasteiger partial charge < -0.3 is 10.2 Å². The summed E-state index contributed by atoms with van der Waals surface area (Å²) in [6.45, 7) is 9.82. The third-order valence-corrected chi connectivity index (χ3v) is 7.32. The first kappa shape index (κ1) is 24.4. The zero-order chi connectivity index (χ0) is 24.1. The lowest BCUT2D eigenvalue weighted by Gasteiger charge is -2.40. The van der Waals surface area contributed by atoms with Gasteiger partial charge in [0.15, 0.2) is 0 Å². The van der Waals surface area contributed by atoms with Gasteiger partial charge in [-0.2, -0.15) is 0 Å². The quantitative estimate of drug-likeness (QED) is 0.704. The van der Waals surface area contributed by atoms with Crippen molar-refractivity contribution in [3.05, 3.63) is 65.5 Å². The summed E-state index contributed by atoms with van der Waals surface area (Å²) >= 11 is 0. The molecule has 1 aromatic heterocycles. The van der Waals surface area contributed by atoms with Crippen LogP contribution in [0.3, 0.4) is 0 Å². The normalized spacial score (nSPS) is 18.6. The highest BCUT2D eigenvalue weighted by molar-refractivity contribution is 5.94. The van der Waals surface area contributed by atoms with Crippen molar-refractivity contribution in [3.63, 3.8) is 0 Å². The lowest BCUT2D eigenvalue weighted by Crippen LogP contribution is -2.57. The van der Waals surface area contributed by atoms with Crippen LogP contribution in [-0.4, -0.2) is 58.8 Å². The second-order valence-corrected chi connectivity index (χ2v) is 10.7. The van der Waals surface area contributed by atoms with Crippen molar-refractivity contribution in [2.24, 2.45) is 5.92 Å². The van der Waals surface area contributed by atoms with Gasteiger partial charge in [-0.1, -0.05) is 45.7 Å². The minimum Gasteiger partial charge on any atom is -0.351 e. The fourth-order valence-electron chi connectivity index (χ4n) is 5.24. The molecule has 1 saturated carbocycles. The lowest BCUT2D eigenvalue weighted by atomic mass is 9.86. The maximum atomic E-state index is 13.3. The van der Waals surface area contributed by atoms with Crippen LogP contribution in [0.15, 0.2) is 48.8 Å². The standard InChI is InChI=1S/C28H38N4O2/c1-28(2,3)24-10-8-23(9-11-24)27(34)32-18-16-31(17-19-32)25(22-6-4-5-7-22)26(33)30-20-21-12-14-29-15-13-21/h8-15,22,25H,4-7,16-20H2,1-3H3,(H,30,33)/t25-/m0/s1. The third-order valence-electron chi connectivity index (χ3n) is 7.32. The molecule has 1 aliphatic carbocycles. The van der Waals surface area contributed by atoms with Crippen LogP contribution in [0.1, 0.15) is 67.9 Å². The van der Waals surface area contributed by atoms with Crippen LogP contribution < -0.4 is 5.32 Å². The smallest absolute Gasteiger partial charge is 0.253 e. The molecule has 0 radical (unpaired) electrons. The van der Waals surface area contributed by atoms with E-state index < -0.39 is 0 Å². The molecule has 6 heteroatoms. The van der Waals surface area contributed by atoms with Crippen molar-refractivity contribution in [2.45, 2.75) is 64.5 Å². The van der Waals surface area contributed by atoms with Crippen LogP contribution in [0.5, 0.6) is 0 Å². The molecular formula is C28H38N4O2. The monoisotopic (exact) mass is 462 g/mol. The molecule has 6 nitrogen and oxygen atoms in total. The number of carbonyl (C=O) groups excluding carboxylic acids is 2. The number of aromatic nitrogens is 1. The second-order valence-electron chi connectivity index (χ2n) is 10.7. The van der Waals surface area contributed by atoms with Crippen LogP contribution in [0.4, 0.5) is 0 Å². The molecule has 2 fully saturated rings. The van der Waals surface area contributed by atoms with Crippen LogP contribution in [0.2, 0.25) is 0 Å². The van der Waals surface area contributed by atoms with E-state index in [-0.39, 0.29) is 23.3 Å². The van der Waals surface area contributed by atoms with E-state index in [1.165, 1.54) is 18.4 Å². The van der Waals surface area contributed by atoms with Gasteiger partial charge in [0.1, 0.15) is 0 Å². The van der Waals surface area contributed by atoms with Crippen LogP contribution >= 0.6 is 0 Å². The third kappa shape index (κ3) is 5.84. The van der Waals surface area contributed by atoms with Crippen molar-refractivity contribution in [2.75, 3.05) is 26.2 Å². The predicted octanol–water partition coefficient (Wildman–Crippen LogP) is 4.01. The van der Waals surface area contributed by atoms with Crippen LogP contribution in [-0.2, 0) is 16.8 Å². The fourth-order valence-corrected chi connectivity index (χ4v) is 5.24. The average Bonchev–Trinajstić information content (AvgIpc) is 3.37. The Morgan fingerprint density at radius 3 is 2.18 bits per heavy atom. The van der Waals surface area contributed by atoms with Gasteiger partial charge in [0.05, 0.1) is 6.04 Å². The summed E-state index contributed by atoms with van der Waals surface area (Å²) in [5.74, 6) is 0.588. The van der Waals surface area contributed by atoms with E-state index in [2.05, 4.69) is 48.1 Å². The van der Waals surface area contributed by atoms with Crippen molar-refractivity contribution >= 4 is 11.8 Å². The number of pyridine rings is 1. The Bertz CT molecular complexity index is 954. The number of amides is 2. The van der Waals surface area contributed by atoms with Gasteiger partial charge in [0.2, 0.25) is 5.91 Å². The molecule has 0 spiro atoms. The molecule has 4 rings (SSSR count). The molecule has 1 aliphatic heterocycles. The first-order chi connectivity index (χ1) is 16.3. The van der Waals surface area contributed by atoms with Crippen molar-refractivity contribution in [1.82, 2.24) is 20.1 Å². The van der Waals surface area contributed by atoms with Crippen LogP contribution in [0, 0.1) is 5.92 Å². The minimum atomic E-state index is -0.118. The number of rotatable bonds is 6. The van der Waals surface area contributed by atoms with E-state index in [0.29, 0.717) is 25.6 Å². The van der Waals surface area contributed by atoms with Gasteiger partial charge in [-0.05, 0) is 59.6 Å². The Morgan fingerprint density at radius 1 is 0.971 bits per heavy atom. The molecule has 0 unspecified atom stereocenters. The van der Waals surface area contributed by atoms with Gasteiger partial charge in [-0.3, -0.25) is 19.5 Å².